The molecule has 0 bridgehead atoms. The van der Waals surface area contributed by atoms with Gasteiger partial charge in [-0.2, -0.15) is 0 Å². The smallest absolute Gasteiger partial charge is 0.131 e. The third-order valence-corrected chi connectivity index (χ3v) is 3.50. The number of rotatable bonds is 5. The molecule has 0 saturated heterocycles. The second-order valence-corrected chi connectivity index (χ2v) is 4.99. The second kappa shape index (κ2) is 6.03. The second-order valence-electron chi connectivity index (χ2n) is 4.13. The summed E-state index contributed by atoms with van der Waals surface area (Å²) in [6.45, 7) is 3.92. The molecule has 1 aromatic heterocycles. The third-order valence-electron chi connectivity index (χ3n) is 2.80. The minimum Gasteiger partial charge on any atom is -0.467 e. The number of furan rings is 1. The highest BCUT2D eigenvalue weighted by Crippen LogP contribution is 2.18. The molecule has 1 atom stereocenters. The fourth-order valence-corrected chi connectivity index (χ4v) is 2.09. The quantitative estimate of drug-likeness (QED) is 0.903. The van der Waals surface area contributed by atoms with E-state index in [9.17, 15) is 0 Å². The average Bonchev–Trinajstić information content (AvgIpc) is 2.76. The van der Waals surface area contributed by atoms with Gasteiger partial charge < -0.3 is 9.73 Å². The standard InChI is InChI=1S/C14H16BrNO/c1-11(12-5-3-2-4-6-12)9-16-10-14-13(15)7-8-17-14/h2-8,11,16H,9-10H2,1H3. The van der Waals surface area contributed by atoms with Crippen LogP contribution in [0.4, 0.5) is 0 Å². The average molecular weight is 294 g/mol. The number of benzene rings is 1. The lowest BCUT2D eigenvalue weighted by Gasteiger charge is -2.12. The number of hydrogen-bond acceptors (Lipinski definition) is 2. The minimum atomic E-state index is 0.505. The van der Waals surface area contributed by atoms with Gasteiger partial charge in [0.25, 0.3) is 0 Å². The predicted molar refractivity (Wildman–Crippen MR) is 73.0 cm³/mol. The van der Waals surface area contributed by atoms with Crippen molar-refractivity contribution in [3.05, 3.63) is 58.5 Å². The van der Waals surface area contributed by atoms with Crippen molar-refractivity contribution in [3.63, 3.8) is 0 Å². The zero-order valence-electron chi connectivity index (χ0n) is 9.82. The molecule has 0 aliphatic carbocycles. The molecule has 17 heavy (non-hydrogen) atoms. The molecule has 2 rings (SSSR count). The van der Waals surface area contributed by atoms with Crippen LogP contribution in [0.3, 0.4) is 0 Å². The van der Waals surface area contributed by atoms with Crippen LogP contribution in [-0.4, -0.2) is 6.54 Å². The molecule has 2 aromatic rings. The highest BCUT2D eigenvalue weighted by Gasteiger charge is 2.06. The molecule has 0 fully saturated rings. The first-order valence-electron chi connectivity index (χ1n) is 5.75. The first-order chi connectivity index (χ1) is 8.27. The Labute approximate surface area is 110 Å². The molecule has 1 aromatic carbocycles. The van der Waals surface area contributed by atoms with Crippen LogP contribution in [-0.2, 0) is 6.54 Å². The van der Waals surface area contributed by atoms with E-state index in [1.807, 2.05) is 12.1 Å². The predicted octanol–water partition coefficient (Wildman–Crippen LogP) is 3.94. The van der Waals surface area contributed by atoms with Crippen LogP contribution in [0.2, 0.25) is 0 Å². The molecule has 90 valence electrons. The van der Waals surface area contributed by atoms with Gasteiger partial charge in [-0.25, -0.2) is 0 Å². The Kier molecular flexibility index (Phi) is 4.40. The van der Waals surface area contributed by atoms with Crippen LogP contribution in [0.5, 0.6) is 0 Å². The molecule has 0 aliphatic heterocycles. The Hall–Kier alpha value is -1.06. The van der Waals surface area contributed by atoms with Crippen LogP contribution in [0.15, 0.2) is 51.6 Å². The summed E-state index contributed by atoms with van der Waals surface area (Å²) in [5, 5.41) is 3.40. The van der Waals surface area contributed by atoms with Gasteiger partial charge in [-0.05, 0) is 33.5 Å². The van der Waals surface area contributed by atoms with E-state index >= 15 is 0 Å². The van der Waals surface area contributed by atoms with Gasteiger partial charge in [0.05, 0.1) is 17.3 Å². The van der Waals surface area contributed by atoms with Crippen molar-refractivity contribution in [2.45, 2.75) is 19.4 Å². The normalized spacial score (nSPS) is 12.6. The maximum Gasteiger partial charge on any atom is 0.131 e. The maximum atomic E-state index is 5.34. The van der Waals surface area contributed by atoms with Gasteiger partial charge in [0.15, 0.2) is 0 Å². The number of nitrogens with one attached hydrogen (secondary N) is 1. The molecule has 1 N–H and O–H groups in total. The molecule has 0 radical (unpaired) electrons. The summed E-state index contributed by atoms with van der Waals surface area (Å²) in [7, 11) is 0. The summed E-state index contributed by atoms with van der Waals surface area (Å²) in [4.78, 5) is 0. The van der Waals surface area contributed by atoms with Gasteiger partial charge in [-0.1, -0.05) is 37.3 Å². The zero-order chi connectivity index (χ0) is 12.1. The zero-order valence-corrected chi connectivity index (χ0v) is 11.4. The van der Waals surface area contributed by atoms with Gasteiger partial charge in [-0.3, -0.25) is 0 Å². The van der Waals surface area contributed by atoms with E-state index in [2.05, 4.69) is 52.4 Å². The first kappa shape index (κ1) is 12.4. The maximum absolute atomic E-state index is 5.34. The summed E-state index contributed by atoms with van der Waals surface area (Å²) in [6.07, 6.45) is 1.70. The van der Waals surface area contributed by atoms with Gasteiger partial charge in [0, 0.05) is 6.54 Å². The van der Waals surface area contributed by atoms with Gasteiger partial charge in [-0.15, -0.1) is 0 Å². The third kappa shape index (κ3) is 3.45. The molecule has 1 heterocycles. The van der Waals surface area contributed by atoms with Crippen molar-refractivity contribution in [2.75, 3.05) is 6.54 Å². The van der Waals surface area contributed by atoms with Crippen LogP contribution < -0.4 is 5.32 Å². The van der Waals surface area contributed by atoms with Crippen molar-refractivity contribution in [3.8, 4) is 0 Å². The van der Waals surface area contributed by atoms with Crippen LogP contribution in [0.25, 0.3) is 0 Å². The lowest BCUT2D eigenvalue weighted by atomic mass is 10.0. The van der Waals surface area contributed by atoms with Crippen LogP contribution in [0.1, 0.15) is 24.2 Å². The molecule has 1 unspecified atom stereocenters. The van der Waals surface area contributed by atoms with Gasteiger partial charge >= 0.3 is 0 Å². The number of hydrogen-bond donors (Lipinski definition) is 1. The summed E-state index contributed by atoms with van der Waals surface area (Å²) in [6, 6.07) is 12.4. The fraction of sp³-hybridized carbons (Fsp3) is 0.286. The topological polar surface area (TPSA) is 25.2 Å². The van der Waals surface area contributed by atoms with Crippen molar-refractivity contribution in [1.82, 2.24) is 5.32 Å². The molecule has 0 aliphatic rings. The Morgan fingerprint density at radius 3 is 2.65 bits per heavy atom. The lowest BCUT2D eigenvalue weighted by molar-refractivity contribution is 0.474. The molecule has 0 saturated carbocycles. The fourth-order valence-electron chi connectivity index (χ4n) is 1.75. The SMILES string of the molecule is CC(CNCc1occc1Br)c1ccccc1. The number of halogens is 1. The minimum absolute atomic E-state index is 0.505. The van der Waals surface area contributed by atoms with Crippen molar-refractivity contribution < 1.29 is 4.42 Å². The van der Waals surface area contributed by atoms with Crippen LogP contribution in [0, 0.1) is 0 Å². The van der Waals surface area contributed by atoms with E-state index in [1.165, 1.54) is 5.56 Å². The van der Waals surface area contributed by atoms with E-state index < -0.39 is 0 Å². The Balaban J connectivity index is 1.81. The highest BCUT2D eigenvalue weighted by molar-refractivity contribution is 9.10. The van der Waals surface area contributed by atoms with Crippen molar-refractivity contribution >= 4 is 15.9 Å². The Morgan fingerprint density at radius 1 is 1.24 bits per heavy atom. The summed E-state index contributed by atoms with van der Waals surface area (Å²) in [5.41, 5.74) is 1.36. The van der Waals surface area contributed by atoms with E-state index in [4.69, 9.17) is 4.42 Å². The van der Waals surface area contributed by atoms with Gasteiger partial charge in [0.1, 0.15) is 5.76 Å². The highest BCUT2D eigenvalue weighted by atomic mass is 79.9. The first-order valence-corrected chi connectivity index (χ1v) is 6.54. The molecular formula is C14H16BrNO. The van der Waals surface area contributed by atoms with Crippen molar-refractivity contribution in [1.29, 1.82) is 0 Å². The summed E-state index contributed by atoms with van der Waals surface area (Å²) in [5.74, 6) is 1.45. The molecular weight excluding hydrogens is 278 g/mol. The van der Waals surface area contributed by atoms with Gasteiger partial charge in [0.2, 0.25) is 0 Å². The molecule has 3 heteroatoms. The lowest BCUT2D eigenvalue weighted by Crippen LogP contribution is -2.19. The molecule has 0 spiro atoms. The van der Waals surface area contributed by atoms with Crippen LogP contribution >= 0.6 is 15.9 Å². The van der Waals surface area contributed by atoms with Crippen molar-refractivity contribution in [2.24, 2.45) is 0 Å². The summed E-state index contributed by atoms with van der Waals surface area (Å²) < 4.78 is 6.37. The van der Waals surface area contributed by atoms with E-state index in [-0.39, 0.29) is 0 Å². The van der Waals surface area contributed by atoms with E-state index in [0.717, 1.165) is 23.3 Å². The molecule has 0 amide bonds. The Bertz CT molecular complexity index is 452. The monoisotopic (exact) mass is 293 g/mol. The molecule has 2 nitrogen and oxygen atoms in total. The largest absolute Gasteiger partial charge is 0.467 e. The summed E-state index contributed by atoms with van der Waals surface area (Å²) >= 11 is 3.44. The Morgan fingerprint density at radius 2 is 2.00 bits per heavy atom. The van der Waals surface area contributed by atoms with E-state index in [1.54, 1.807) is 6.26 Å². The van der Waals surface area contributed by atoms with E-state index in [0.29, 0.717) is 5.92 Å².